The van der Waals surface area contributed by atoms with Crippen molar-refractivity contribution < 1.29 is 5.21 Å². The van der Waals surface area contributed by atoms with Gasteiger partial charge in [-0.3, -0.25) is 0 Å². The zero-order chi connectivity index (χ0) is 8.10. The number of rotatable bonds is 2. The quantitative estimate of drug-likeness (QED) is 0.390. The maximum absolute atomic E-state index is 8.27. The highest BCUT2D eigenvalue weighted by Gasteiger charge is 1.99. The van der Waals surface area contributed by atoms with Gasteiger partial charge < -0.3 is 5.21 Å². The molecule has 0 aliphatic rings. The summed E-state index contributed by atoms with van der Waals surface area (Å²) >= 11 is 0. The molecule has 0 heterocycles. The Morgan fingerprint density at radius 1 is 1.36 bits per heavy atom. The fraction of sp³-hybridized carbons (Fsp3) is 0.222. The van der Waals surface area contributed by atoms with E-state index in [1.807, 2.05) is 37.3 Å². The molecular weight excluding hydrogens is 138 g/mol. The number of benzene rings is 1. The summed E-state index contributed by atoms with van der Waals surface area (Å²) in [7, 11) is 0. The minimum atomic E-state index is 0.182. The van der Waals surface area contributed by atoms with Crippen LogP contribution in [0.25, 0.3) is 0 Å². The van der Waals surface area contributed by atoms with Gasteiger partial charge in [0.15, 0.2) is 0 Å². The highest BCUT2D eigenvalue weighted by atomic mass is 16.4. The van der Waals surface area contributed by atoms with Gasteiger partial charge in [-0.2, -0.15) is 0 Å². The molecule has 0 bridgehead atoms. The molecule has 0 radical (unpaired) electrons. The van der Waals surface area contributed by atoms with Crippen molar-refractivity contribution in [2.45, 2.75) is 12.8 Å². The van der Waals surface area contributed by atoms with Crippen LogP contribution in [0.5, 0.6) is 0 Å². The van der Waals surface area contributed by atoms with Crippen LogP contribution < -0.4 is 0 Å². The molecule has 2 nitrogen and oxygen atoms in total. The summed E-state index contributed by atoms with van der Waals surface area (Å²) in [4.78, 5) is 0. The molecule has 0 saturated carbocycles. The second-order valence-electron chi connectivity index (χ2n) is 2.46. The third-order valence-corrected chi connectivity index (χ3v) is 1.62. The Kier molecular flexibility index (Phi) is 2.66. The first-order valence-electron chi connectivity index (χ1n) is 3.57. The molecule has 1 atom stereocenters. The molecule has 58 valence electrons. The van der Waals surface area contributed by atoms with Gasteiger partial charge in [0.05, 0.1) is 6.21 Å². The highest BCUT2D eigenvalue weighted by Crippen LogP contribution is 2.11. The topological polar surface area (TPSA) is 32.6 Å². The van der Waals surface area contributed by atoms with Crippen LogP contribution in [-0.2, 0) is 0 Å². The minimum absolute atomic E-state index is 0.182. The number of oxime groups is 1. The zero-order valence-electron chi connectivity index (χ0n) is 6.44. The summed E-state index contributed by atoms with van der Waals surface area (Å²) in [6.07, 6.45) is 1.51. The summed E-state index contributed by atoms with van der Waals surface area (Å²) in [6, 6.07) is 9.92. The molecule has 0 amide bonds. The molecule has 1 rings (SSSR count). The lowest BCUT2D eigenvalue weighted by Gasteiger charge is -2.02. The van der Waals surface area contributed by atoms with E-state index < -0.39 is 0 Å². The number of nitrogens with zero attached hydrogens (tertiary/aromatic N) is 1. The van der Waals surface area contributed by atoms with Crippen LogP contribution in [-0.4, -0.2) is 11.4 Å². The zero-order valence-corrected chi connectivity index (χ0v) is 6.44. The van der Waals surface area contributed by atoms with Crippen molar-refractivity contribution in [1.82, 2.24) is 0 Å². The van der Waals surface area contributed by atoms with E-state index in [0.717, 1.165) is 5.56 Å². The van der Waals surface area contributed by atoms with Crippen LogP contribution in [0.2, 0.25) is 0 Å². The Hall–Kier alpha value is -1.31. The van der Waals surface area contributed by atoms with Crippen molar-refractivity contribution in [3.05, 3.63) is 35.9 Å². The summed E-state index contributed by atoms with van der Waals surface area (Å²) in [6.45, 7) is 1.98. The summed E-state index contributed by atoms with van der Waals surface area (Å²) < 4.78 is 0. The summed E-state index contributed by atoms with van der Waals surface area (Å²) in [5.74, 6) is 0.182. The molecule has 1 N–H and O–H groups in total. The van der Waals surface area contributed by atoms with E-state index in [0.29, 0.717) is 0 Å². The largest absolute Gasteiger partial charge is 0.411 e. The molecule has 0 fully saturated rings. The van der Waals surface area contributed by atoms with E-state index >= 15 is 0 Å². The van der Waals surface area contributed by atoms with Crippen molar-refractivity contribution in [3.8, 4) is 0 Å². The van der Waals surface area contributed by atoms with Crippen LogP contribution >= 0.6 is 0 Å². The average Bonchev–Trinajstić information content (AvgIpc) is 2.07. The molecule has 1 aromatic carbocycles. The number of hydrogen-bond acceptors (Lipinski definition) is 2. The summed E-state index contributed by atoms with van der Waals surface area (Å²) in [5.41, 5.74) is 1.16. The molecule has 1 unspecified atom stereocenters. The predicted molar refractivity (Wildman–Crippen MR) is 45.1 cm³/mol. The van der Waals surface area contributed by atoms with Gasteiger partial charge in [0, 0.05) is 5.92 Å². The van der Waals surface area contributed by atoms with Gasteiger partial charge in [0.25, 0.3) is 0 Å². The minimum Gasteiger partial charge on any atom is -0.411 e. The van der Waals surface area contributed by atoms with Crippen molar-refractivity contribution in [3.63, 3.8) is 0 Å². The normalized spacial score (nSPS) is 13.5. The molecular formula is C9H11NO. The second kappa shape index (κ2) is 3.76. The fourth-order valence-electron chi connectivity index (χ4n) is 0.943. The molecule has 1 aromatic rings. The second-order valence-corrected chi connectivity index (χ2v) is 2.46. The van der Waals surface area contributed by atoms with Gasteiger partial charge in [0.2, 0.25) is 0 Å². The number of hydrogen-bond donors (Lipinski definition) is 1. The van der Waals surface area contributed by atoms with Crippen LogP contribution in [0.3, 0.4) is 0 Å². The van der Waals surface area contributed by atoms with Crippen molar-refractivity contribution in [2.75, 3.05) is 0 Å². The molecule has 2 heteroatoms. The maximum Gasteiger partial charge on any atom is 0.0507 e. The molecule has 0 aromatic heterocycles. The lowest BCUT2D eigenvalue weighted by atomic mass is 10.0. The molecule has 0 aliphatic heterocycles. The molecule has 0 aliphatic carbocycles. The van der Waals surface area contributed by atoms with E-state index in [-0.39, 0.29) is 5.92 Å². The standard InChI is InChI=1S/C9H11NO/c1-8(7-10-11)9-5-3-2-4-6-9/h2-8,11H,1H3/b10-7-. The highest BCUT2D eigenvalue weighted by molar-refractivity contribution is 5.66. The third kappa shape index (κ3) is 2.08. The van der Waals surface area contributed by atoms with Crippen molar-refractivity contribution in [2.24, 2.45) is 5.16 Å². The van der Waals surface area contributed by atoms with E-state index in [4.69, 9.17) is 5.21 Å². The first kappa shape index (κ1) is 7.79. The Morgan fingerprint density at radius 3 is 2.55 bits per heavy atom. The molecule has 0 saturated heterocycles. The van der Waals surface area contributed by atoms with E-state index in [9.17, 15) is 0 Å². The fourth-order valence-corrected chi connectivity index (χ4v) is 0.943. The van der Waals surface area contributed by atoms with E-state index in [1.54, 1.807) is 0 Å². The Bertz CT molecular complexity index is 231. The van der Waals surface area contributed by atoms with Gasteiger partial charge in [0.1, 0.15) is 0 Å². The smallest absolute Gasteiger partial charge is 0.0507 e. The van der Waals surface area contributed by atoms with Crippen LogP contribution in [0.15, 0.2) is 35.5 Å². The first-order valence-corrected chi connectivity index (χ1v) is 3.57. The predicted octanol–water partition coefficient (Wildman–Crippen LogP) is 2.25. The SMILES string of the molecule is CC(/C=N\O)c1ccccc1. The monoisotopic (exact) mass is 149 g/mol. The lowest BCUT2D eigenvalue weighted by molar-refractivity contribution is 0.320. The van der Waals surface area contributed by atoms with Crippen LogP contribution in [0.4, 0.5) is 0 Å². The Morgan fingerprint density at radius 2 is 2.00 bits per heavy atom. The maximum atomic E-state index is 8.27. The van der Waals surface area contributed by atoms with Gasteiger partial charge in [-0.15, -0.1) is 5.16 Å². The third-order valence-electron chi connectivity index (χ3n) is 1.62. The van der Waals surface area contributed by atoms with E-state index in [1.165, 1.54) is 6.21 Å². The van der Waals surface area contributed by atoms with Crippen molar-refractivity contribution >= 4 is 6.21 Å². The average molecular weight is 149 g/mol. The van der Waals surface area contributed by atoms with Crippen molar-refractivity contribution in [1.29, 1.82) is 0 Å². The first-order chi connectivity index (χ1) is 5.34. The summed E-state index contributed by atoms with van der Waals surface area (Å²) in [5, 5.41) is 11.3. The lowest BCUT2D eigenvalue weighted by Crippen LogP contribution is -1.93. The van der Waals surface area contributed by atoms with Crippen LogP contribution in [0, 0.1) is 0 Å². The van der Waals surface area contributed by atoms with Gasteiger partial charge in [-0.05, 0) is 5.56 Å². The Balaban J connectivity index is 2.76. The van der Waals surface area contributed by atoms with Gasteiger partial charge >= 0.3 is 0 Å². The molecule has 0 spiro atoms. The van der Waals surface area contributed by atoms with Gasteiger partial charge in [-0.25, -0.2) is 0 Å². The molecule has 11 heavy (non-hydrogen) atoms. The Labute approximate surface area is 66.2 Å². The van der Waals surface area contributed by atoms with E-state index in [2.05, 4.69) is 5.16 Å². The van der Waals surface area contributed by atoms with Crippen LogP contribution in [0.1, 0.15) is 18.4 Å². The van der Waals surface area contributed by atoms with Gasteiger partial charge in [-0.1, -0.05) is 37.3 Å².